The number of aryl methyl sites for hydroxylation is 2. The third-order valence-corrected chi connectivity index (χ3v) is 12.0. The third-order valence-electron chi connectivity index (χ3n) is 10.2. The Balaban J connectivity index is 1.32. The van der Waals surface area contributed by atoms with Crippen LogP contribution in [-0.2, 0) is 30.8 Å². The van der Waals surface area contributed by atoms with Crippen molar-refractivity contribution in [2.45, 2.75) is 82.3 Å². The van der Waals surface area contributed by atoms with Crippen molar-refractivity contribution in [3.05, 3.63) is 82.4 Å². The summed E-state index contributed by atoms with van der Waals surface area (Å²) in [5.41, 5.74) is 3.58. The highest BCUT2D eigenvalue weighted by atomic mass is 32.2. The van der Waals surface area contributed by atoms with Crippen LogP contribution in [0.2, 0.25) is 0 Å². The van der Waals surface area contributed by atoms with E-state index in [1.807, 2.05) is 52.1 Å². The molecule has 7 rings (SSSR count). The molecule has 3 aromatic heterocycles. The summed E-state index contributed by atoms with van der Waals surface area (Å²) in [6.45, 7) is 9.03. The summed E-state index contributed by atoms with van der Waals surface area (Å²) in [6.07, 6.45) is 6.89. The first-order valence-electron chi connectivity index (χ1n) is 16.2. The van der Waals surface area contributed by atoms with Crippen molar-refractivity contribution in [1.29, 1.82) is 0 Å². The Kier molecular flexibility index (Phi) is 7.88. The molecule has 248 valence electrons. The Hall–Kier alpha value is -3.87. The number of rotatable bonds is 7. The number of aromatic nitrogens is 4. The number of fused-ring (bicyclic) bond motifs is 2. The quantitative estimate of drug-likeness (QED) is 0.250. The van der Waals surface area contributed by atoms with E-state index in [1.54, 1.807) is 18.3 Å². The molecule has 11 nitrogen and oxygen atoms in total. The lowest BCUT2D eigenvalue weighted by Crippen LogP contribution is -2.50. The molecule has 1 saturated heterocycles. The predicted molar refractivity (Wildman–Crippen MR) is 174 cm³/mol. The number of pyridine rings is 2. The topological polar surface area (TPSA) is 125 Å². The van der Waals surface area contributed by atoms with E-state index in [-0.39, 0.29) is 29.8 Å². The van der Waals surface area contributed by atoms with Gasteiger partial charge in [0.05, 0.1) is 32.3 Å². The largest absolute Gasteiger partial charge is 0.469 e. The summed E-state index contributed by atoms with van der Waals surface area (Å²) >= 11 is 0. The van der Waals surface area contributed by atoms with Crippen molar-refractivity contribution < 1.29 is 27.4 Å². The molecule has 2 fully saturated rings. The van der Waals surface area contributed by atoms with Crippen molar-refractivity contribution in [2.24, 2.45) is 5.41 Å². The number of carbonyl (C=O) groups excluding carboxylic acids is 1. The van der Waals surface area contributed by atoms with Gasteiger partial charge in [0.1, 0.15) is 16.3 Å². The molecular formula is C35H41N5O6S. The van der Waals surface area contributed by atoms with Crippen LogP contribution in [0.3, 0.4) is 0 Å². The van der Waals surface area contributed by atoms with E-state index in [0.29, 0.717) is 32.0 Å². The number of methoxy groups -OCH3 is 1. The molecule has 5 heterocycles. The van der Waals surface area contributed by atoms with E-state index in [9.17, 15) is 13.2 Å². The number of nitrogens with zero attached hydrogens (tertiary/aromatic N) is 5. The Bertz CT molecular complexity index is 1960. The third kappa shape index (κ3) is 5.49. The fourth-order valence-corrected chi connectivity index (χ4v) is 8.78. The van der Waals surface area contributed by atoms with Crippen molar-refractivity contribution in [2.75, 3.05) is 26.9 Å². The Morgan fingerprint density at radius 1 is 1.13 bits per heavy atom. The molecule has 47 heavy (non-hydrogen) atoms. The normalized spacial score (nSPS) is 19.9. The number of hydrogen-bond acceptors (Lipinski definition) is 9. The molecule has 0 amide bonds. The summed E-state index contributed by atoms with van der Waals surface area (Å²) in [5.74, 6) is 0.767. The van der Waals surface area contributed by atoms with E-state index in [0.717, 1.165) is 52.1 Å². The zero-order valence-electron chi connectivity index (χ0n) is 27.5. The molecule has 2 aliphatic heterocycles. The molecule has 4 aromatic rings. The Morgan fingerprint density at radius 2 is 1.89 bits per heavy atom. The van der Waals surface area contributed by atoms with Gasteiger partial charge in [-0.25, -0.2) is 13.4 Å². The highest BCUT2D eigenvalue weighted by Gasteiger charge is 2.46. The minimum Gasteiger partial charge on any atom is -0.469 e. The standard InChI is InChI=1S/C35H41N5O6S/c1-22-8-9-25(29(34(3,4)33(41)44-5)27-12-16-40-30(23(27)2)37-38-31(40)24-10-11-24)19-26(22)20-39-21-35(13-17-45-18-14-35)46-32-28(47(39,42)43)7-6-15-36-32/h6-9,12,15-16,19,24,29H,10-11,13-14,17-18,20-21H2,1-5H3. The van der Waals surface area contributed by atoms with Gasteiger partial charge in [-0.1, -0.05) is 18.2 Å². The lowest BCUT2D eigenvalue weighted by atomic mass is 9.70. The smallest absolute Gasteiger partial charge is 0.312 e. The van der Waals surface area contributed by atoms with E-state index >= 15 is 0 Å². The van der Waals surface area contributed by atoms with E-state index in [4.69, 9.17) is 14.2 Å². The van der Waals surface area contributed by atoms with Crippen molar-refractivity contribution >= 4 is 21.6 Å². The van der Waals surface area contributed by atoms with Crippen LogP contribution in [0.5, 0.6) is 5.88 Å². The number of carbonyl (C=O) groups is 1. The number of hydrogen-bond donors (Lipinski definition) is 0. The minimum absolute atomic E-state index is 0.0599. The average Bonchev–Trinajstić information content (AvgIpc) is 3.82. The molecule has 1 spiro atoms. The minimum atomic E-state index is -3.96. The Labute approximate surface area is 275 Å². The molecule has 3 aliphatic rings. The maximum absolute atomic E-state index is 14.2. The second kappa shape index (κ2) is 11.7. The van der Waals surface area contributed by atoms with Crippen LogP contribution in [0.4, 0.5) is 0 Å². The molecule has 1 aliphatic carbocycles. The van der Waals surface area contributed by atoms with Gasteiger partial charge in [-0.2, -0.15) is 4.31 Å². The highest BCUT2D eigenvalue weighted by Crippen LogP contribution is 2.46. The summed E-state index contributed by atoms with van der Waals surface area (Å²) in [6, 6.07) is 11.3. The molecular weight excluding hydrogens is 618 g/mol. The van der Waals surface area contributed by atoms with Crippen LogP contribution in [0.25, 0.3) is 5.65 Å². The molecule has 0 radical (unpaired) electrons. The van der Waals surface area contributed by atoms with Crippen LogP contribution in [0.15, 0.2) is 53.7 Å². The van der Waals surface area contributed by atoms with Gasteiger partial charge < -0.3 is 14.2 Å². The Morgan fingerprint density at radius 3 is 2.62 bits per heavy atom. The monoisotopic (exact) mass is 659 g/mol. The first-order valence-corrected chi connectivity index (χ1v) is 17.6. The molecule has 1 atom stereocenters. The van der Waals surface area contributed by atoms with Gasteiger partial charge in [-0.15, -0.1) is 10.2 Å². The maximum Gasteiger partial charge on any atom is 0.312 e. The summed E-state index contributed by atoms with van der Waals surface area (Å²) < 4.78 is 49.4. The molecule has 0 N–H and O–H groups in total. The zero-order valence-corrected chi connectivity index (χ0v) is 28.3. The van der Waals surface area contributed by atoms with Gasteiger partial charge in [0.2, 0.25) is 15.9 Å². The van der Waals surface area contributed by atoms with Crippen LogP contribution >= 0.6 is 0 Å². The molecule has 1 aromatic carbocycles. The lowest BCUT2D eigenvalue weighted by molar-refractivity contribution is -0.151. The van der Waals surface area contributed by atoms with Crippen molar-refractivity contribution in [3.63, 3.8) is 0 Å². The first kappa shape index (κ1) is 31.7. The van der Waals surface area contributed by atoms with Crippen LogP contribution in [0, 0.1) is 19.3 Å². The molecule has 12 heteroatoms. The van der Waals surface area contributed by atoms with Gasteiger partial charge in [0.15, 0.2) is 5.65 Å². The van der Waals surface area contributed by atoms with E-state index in [1.165, 1.54) is 11.4 Å². The second-order valence-corrected chi connectivity index (χ2v) is 15.6. The second-order valence-electron chi connectivity index (χ2n) is 13.7. The molecule has 1 unspecified atom stereocenters. The summed E-state index contributed by atoms with van der Waals surface area (Å²) in [7, 11) is -2.55. The van der Waals surface area contributed by atoms with Gasteiger partial charge in [-0.05, 0) is 86.6 Å². The fourth-order valence-electron chi connectivity index (χ4n) is 7.22. The van der Waals surface area contributed by atoms with E-state index in [2.05, 4.69) is 25.6 Å². The predicted octanol–water partition coefficient (Wildman–Crippen LogP) is 5.08. The number of sulfonamides is 1. The number of ether oxygens (including phenoxy) is 3. The SMILES string of the molecule is COC(=O)C(C)(C)C(c1ccc(C)c(CN2CC3(CCOCC3)Oc3ncccc3S2(=O)=O)c1)c1ccn2c(C3CC3)nnc2c1C. The van der Waals surface area contributed by atoms with Crippen molar-refractivity contribution in [3.8, 4) is 5.88 Å². The van der Waals surface area contributed by atoms with Gasteiger partial charge in [-0.3, -0.25) is 9.20 Å². The average molecular weight is 660 g/mol. The maximum atomic E-state index is 14.2. The first-order chi connectivity index (χ1) is 22.4. The van der Waals surface area contributed by atoms with Gasteiger partial charge in [0.25, 0.3) is 0 Å². The van der Waals surface area contributed by atoms with Gasteiger partial charge in [0, 0.05) is 43.6 Å². The molecule has 1 saturated carbocycles. The summed E-state index contributed by atoms with van der Waals surface area (Å²) in [4.78, 5) is 17.8. The van der Waals surface area contributed by atoms with Crippen LogP contribution in [-0.4, -0.2) is 70.7 Å². The molecule has 0 bridgehead atoms. The van der Waals surface area contributed by atoms with Crippen LogP contribution < -0.4 is 4.74 Å². The highest BCUT2D eigenvalue weighted by molar-refractivity contribution is 7.89. The van der Waals surface area contributed by atoms with Crippen LogP contribution in [0.1, 0.15) is 85.0 Å². The number of esters is 1. The van der Waals surface area contributed by atoms with Crippen molar-refractivity contribution in [1.82, 2.24) is 23.9 Å². The summed E-state index contributed by atoms with van der Waals surface area (Å²) in [5, 5.41) is 9.06. The number of benzene rings is 1. The lowest BCUT2D eigenvalue weighted by Gasteiger charge is -2.38. The van der Waals surface area contributed by atoms with E-state index < -0.39 is 27.0 Å². The fraction of sp³-hybridized carbons (Fsp3) is 0.486. The van der Waals surface area contributed by atoms with Gasteiger partial charge >= 0.3 is 5.97 Å². The zero-order chi connectivity index (χ0) is 33.1.